The van der Waals surface area contributed by atoms with Crippen LogP contribution in [0.3, 0.4) is 0 Å². The zero-order chi connectivity index (χ0) is 12.7. The third-order valence-corrected chi connectivity index (χ3v) is 5.29. The van der Waals surface area contributed by atoms with Crippen LogP contribution in [0.2, 0.25) is 0 Å². The monoisotopic (exact) mass is 237 g/mol. The highest BCUT2D eigenvalue weighted by atomic mass is 16.5. The zero-order valence-electron chi connectivity index (χ0n) is 11.7. The van der Waals surface area contributed by atoms with E-state index in [9.17, 15) is 0 Å². The van der Waals surface area contributed by atoms with Crippen molar-refractivity contribution in [2.75, 3.05) is 13.7 Å². The molecule has 2 aliphatic carbocycles. The Kier molecular flexibility index (Phi) is 3.39. The highest BCUT2D eigenvalue weighted by molar-refractivity contribution is 5.15. The molecule has 2 heteroatoms. The van der Waals surface area contributed by atoms with E-state index in [0.29, 0.717) is 23.4 Å². The second-order valence-electron chi connectivity index (χ2n) is 6.90. The SMILES string of the molecule is COCC(N)C=CC1C2(C)CCC(C2)C1(C)C. The lowest BCUT2D eigenvalue weighted by atomic mass is 9.64. The number of nitrogens with two attached hydrogens (primary N) is 1. The Morgan fingerprint density at radius 1 is 1.41 bits per heavy atom. The predicted octanol–water partition coefficient (Wildman–Crippen LogP) is 2.98. The zero-order valence-corrected chi connectivity index (χ0v) is 11.7. The van der Waals surface area contributed by atoms with Gasteiger partial charge in [-0.15, -0.1) is 0 Å². The number of rotatable bonds is 4. The van der Waals surface area contributed by atoms with Crippen molar-refractivity contribution in [1.29, 1.82) is 0 Å². The van der Waals surface area contributed by atoms with Gasteiger partial charge in [-0.05, 0) is 41.9 Å². The summed E-state index contributed by atoms with van der Waals surface area (Å²) in [5, 5.41) is 0. The van der Waals surface area contributed by atoms with Crippen LogP contribution in [0.5, 0.6) is 0 Å². The number of methoxy groups -OCH3 is 1. The Labute approximate surface area is 106 Å². The van der Waals surface area contributed by atoms with Crippen LogP contribution in [0.25, 0.3) is 0 Å². The summed E-state index contributed by atoms with van der Waals surface area (Å²) < 4.78 is 5.08. The molecule has 17 heavy (non-hydrogen) atoms. The van der Waals surface area contributed by atoms with E-state index in [4.69, 9.17) is 10.5 Å². The maximum absolute atomic E-state index is 5.98. The molecule has 4 unspecified atom stereocenters. The molecule has 0 radical (unpaired) electrons. The lowest BCUT2D eigenvalue weighted by molar-refractivity contribution is 0.113. The second-order valence-corrected chi connectivity index (χ2v) is 6.90. The van der Waals surface area contributed by atoms with Gasteiger partial charge in [0, 0.05) is 13.2 Å². The fourth-order valence-electron chi connectivity index (χ4n) is 4.32. The van der Waals surface area contributed by atoms with Gasteiger partial charge in [0.25, 0.3) is 0 Å². The molecule has 0 aromatic rings. The molecule has 2 rings (SSSR count). The topological polar surface area (TPSA) is 35.2 Å². The first-order chi connectivity index (χ1) is 7.90. The van der Waals surface area contributed by atoms with Gasteiger partial charge in [0.15, 0.2) is 0 Å². The van der Waals surface area contributed by atoms with Gasteiger partial charge in [0.2, 0.25) is 0 Å². The third-order valence-electron chi connectivity index (χ3n) is 5.29. The van der Waals surface area contributed by atoms with E-state index in [1.54, 1.807) is 7.11 Å². The van der Waals surface area contributed by atoms with Crippen LogP contribution >= 0.6 is 0 Å². The summed E-state index contributed by atoms with van der Waals surface area (Å²) in [6, 6.07) is 0.0403. The van der Waals surface area contributed by atoms with Gasteiger partial charge in [-0.25, -0.2) is 0 Å². The lowest BCUT2D eigenvalue weighted by Gasteiger charge is -2.41. The summed E-state index contributed by atoms with van der Waals surface area (Å²) in [4.78, 5) is 0. The van der Waals surface area contributed by atoms with Crippen LogP contribution in [0.15, 0.2) is 12.2 Å². The standard InChI is InChI=1S/C15H27NO/c1-14(2)11-7-8-15(3,9-11)13(14)6-5-12(16)10-17-4/h5-6,11-13H,7-10,16H2,1-4H3. The molecule has 98 valence electrons. The van der Waals surface area contributed by atoms with Crippen LogP contribution in [-0.4, -0.2) is 19.8 Å². The number of fused-ring (bicyclic) bond motifs is 2. The predicted molar refractivity (Wildman–Crippen MR) is 71.7 cm³/mol. The van der Waals surface area contributed by atoms with Gasteiger partial charge in [0.1, 0.15) is 0 Å². The number of hydrogen-bond donors (Lipinski definition) is 1. The van der Waals surface area contributed by atoms with Crippen molar-refractivity contribution in [3.63, 3.8) is 0 Å². The summed E-state index contributed by atoms with van der Waals surface area (Å²) in [5.74, 6) is 1.58. The van der Waals surface area contributed by atoms with E-state index in [0.717, 1.165) is 5.92 Å². The molecule has 2 N–H and O–H groups in total. The second kappa shape index (κ2) is 4.40. The summed E-state index contributed by atoms with van der Waals surface area (Å²) in [7, 11) is 1.70. The molecule has 2 saturated carbocycles. The molecule has 0 saturated heterocycles. The molecular formula is C15H27NO. The summed E-state index contributed by atoms with van der Waals surface area (Å²) in [5.41, 5.74) is 6.93. The van der Waals surface area contributed by atoms with Gasteiger partial charge in [-0.2, -0.15) is 0 Å². The maximum atomic E-state index is 5.98. The van der Waals surface area contributed by atoms with Crippen molar-refractivity contribution >= 4 is 0 Å². The van der Waals surface area contributed by atoms with Crippen molar-refractivity contribution in [3.8, 4) is 0 Å². The molecule has 0 spiro atoms. The molecule has 0 aliphatic heterocycles. The Bertz CT molecular complexity index is 305. The van der Waals surface area contributed by atoms with Gasteiger partial charge < -0.3 is 10.5 Å². The first kappa shape index (κ1) is 13.1. The Morgan fingerprint density at radius 3 is 2.65 bits per heavy atom. The van der Waals surface area contributed by atoms with Gasteiger partial charge in [-0.1, -0.05) is 32.9 Å². The number of hydrogen-bond acceptors (Lipinski definition) is 2. The summed E-state index contributed by atoms with van der Waals surface area (Å²) in [6.45, 7) is 7.93. The highest BCUT2D eigenvalue weighted by Gasteiger charge is 2.57. The average molecular weight is 237 g/mol. The van der Waals surface area contributed by atoms with Crippen molar-refractivity contribution in [1.82, 2.24) is 0 Å². The number of ether oxygens (including phenoxy) is 1. The normalized spacial score (nSPS) is 41.2. The fourth-order valence-corrected chi connectivity index (χ4v) is 4.32. The first-order valence-corrected chi connectivity index (χ1v) is 6.83. The molecule has 0 heterocycles. The van der Waals surface area contributed by atoms with Gasteiger partial charge >= 0.3 is 0 Å². The van der Waals surface area contributed by atoms with Crippen molar-refractivity contribution in [2.45, 2.75) is 46.1 Å². The smallest absolute Gasteiger partial charge is 0.0649 e. The average Bonchev–Trinajstić information content (AvgIpc) is 2.69. The van der Waals surface area contributed by atoms with E-state index in [1.807, 2.05) is 0 Å². The lowest BCUT2D eigenvalue weighted by Crippen LogP contribution is -2.34. The van der Waals surface area contributed by atoms with Gasteiger partial charge in [-0.3, -0.25) is 0 Å². The van der Waals surface area contributed by atoms with Crippen LogP contribution in [0, 0.1) is 22.7 Å². The largest absolute Gasteiger partial charge is 0.383 e. The molecular weight excluding hydrogens is 210 g/mol. The molecule has 2 aliphatic rings. The van der Waals surface area contributed by atoms with Gasteiger partial charge in [0.05, 0.1) is 6.61 Å². The van der Waals surface area contributed by atoms with E-state index in [-0.39, 0.29) is 6.04 Å². The molecule has 4 atom stereocenters. The van der Waals surface area contributed by atoms with E-state index in [2.05, 4.69) is 32.9 Å². The third kappa shape index (κ3) is 2.17. The van der Waals surface area contributed by atoms with E-state index < -0.39 is 0 Å². The summed E-state index contributed by atoms with van der Waals surface area (Å²) in [6.07, 6.45) is 8.73. The molecule has 2 nitrogen and oxygen atoms in total. The highest BCUT2D eigenvalue weighted by Crippen LogP contribution is 2.66. The maximum Gasteiger partial charge on any atom is 0.0649 e. The van der Waals surface area contributed by atoms with Crippen LogP contribution in [0.4, 0.5) is 0 Å². The van der Waals surface area contributed by atoms with Crippen LogP contribution in [0.1, 0.15) is 40.0 Å². The van der Waals surface area contributed by atoms with Crippen molar-refractivity contribution in [2.24, 2.45) is 28.4 Å². The molecule has 2 fully saturated rings. The minimum absolute atomic E-state index is 0.0403. The quantitative estimate of drug-likeness (QED) is 0.763. The fraction of sp³-hybridized carbons (Fsp3) is 0.867. The van der Waals surface area contributed by atoms with Crippen molar-refractivity contribution < 1.29 is 4.74 Å². The van der Waals surface area contributed by atoms with E-state index >= 15 is 0 Å². The minimum Gasteiger partial charge on any atom is -0.383 e. The molecule has 2 bridgehead atoms. The van der Waals surface area contributed by atoms with Crippen molar-refractivity contribution in [3.05, 3.63) is 12.2 Å². The molecule has 0 aromatic carbocycles. The van der Waals surface area contributed by atoms with E-state index in [1.165, 1.54) is 19.3 Å². The van der Waals surface area contributed by atoms with Crippen LogP contribution in [-0.2, 0) is 4.74 Å². The molecule has 0 amide bonds. The minimum atomic E-state index is 0.0403. The molecule has 0 aromatic heterocycles. The Hall–Kier alpha value is -0.340. The summed E-state index contributed by atoms with van der Waals surface area (Å²) >= 11 is 0. The Morgan fingerprint density at radius 2 is 2.12 bits per heavy atom. The Balaban J connectivity index is 2.10. The number of allylic oxidation sites excluding steroid dienone is 1. The van der Waals surface area contributed by atoms with Crippen LogP contribution < -0.4 is 5.73 Å². The first-order valence-electron chi connectivity index (χ1n) is 6.83.